The molecule has 0 unspecified atom stereocenters. The number of rotatable bonds is 5. The first-order chi connectivity index (χ1) is 13.5. The van der Waals surface area contributed by atoms with Crippen molar-refractivity contribution in [2.24, 2.45) is 5.73 Å². The van der Waals surface area contributed by atoms with Crippen molar-refractivity contribution in [3.05, 3.63) is 89.6 Å². The molecule has 4 rings (SSSR count). The van der Waals surface area contributed by atoms with Crippen LogP contribution in [0.15, 0.2) is 71.3 Å². The molecule has 28 heavy (non-hydrogen) atoms. The van der Waals surface area contributed by atoms with E-state index in [1.807, 2.05) is 0 Å². The number of hydrogen-bond acceptors (Lipinski definition) is 3. The number of furan rings is 1. The van der Waals surface area contributed by atoms with Gasteiger partial charge in [0, 0.05) is 29.9 Å². The molecule has 6 nitrogen and oxygen atoms in total. The Morgan fingerprint density at radius 2 is 1.86 bits per heavy atom. The Kier molecular flexibility index (Phi) is 4.41. The van der Waals surface area contributed by atoms with Gasteiger partial charge in [0.15, 0.2) is 5.58 Å². The van der Waals surface area contributed by atoms with Gasteiger partial charge in [-0.05, 0) is 42.0 Å². The van der Waals surface area contributed by atoms with Gasteiger partial charge in [-0.15, -0.1) is 0 Å². The molecule has 0 aliphatic rings. The van der Waals surface area contributed by atoms with Gasteiger partial charge in [-0.3, -0.25) is 9.59 Å². The third-order valence-electron chi connectivity index (χ3n) is 4.41. The standard InChI is InChI=1S/C21H16FN3O3/c22-15-3-1-2-13(10-15)12-25-17-8-9-28-19(17)11-18(25)21(27)24-16-6-4-14(5-7-16)20(23)26/h1-11H,12H2,(H2,23,26)(H,24,27). The first-order valence-corrected chi connectivity index (χ1v) is 8.53. The third kappa shape index (κ3) is 3.37. The minimum Gasteiger partial charge on any atom is -0.463 e. The van der Waals surface area contributed by atoms with Crippen LogP contribution in [0, 0.1) is 5.82 Å². The lowest BCUT2D eigenvalue weighted by atomic mass is 10.2. The summed E-state index contributed by atoms with van der Waals surface area (Å²) in [5, 5.41) is 2.79. The molecule has 140 valence electrons. The molecule has 0 aliphatic carbocycles. The maximum absolute atomic E-state index is 13.5. The smallest absolute Gasteiger partial charge is 0.272 e. The summed E-state index contributed by atoms with van der Waals surface area (Å²) in [5.74, 6) is -1.23. The van der Waals surface area contributed by atoms with Gasteiger partial charge < -0.3 is 20.0 Å². The number of halogens is 1. The van der Waals surface area contributed by atoms with Crippen LogP contribution in [-0.2, 0) is 6.54 Å². The second kappa shape index (κ2) is 7.03. The summed E-state index contributed by atoms with van der Waals surface area (Å²) in [5.41, 5.74) is 8.48. The van der Waals surface area contributed by atoms with Gasteiger partial charge in [0.05, 0.1) is 11.8 Å². The average Bonchev–Trinajstić information content (AvgIpc) is 3.25. The molecule has 0 atom stereocenters. The lowest BCUT2D eigenvalue weighted by Crippen LogP contribution is -2.18. The highest BCUT2D eigenvalue weighted by molar-refractivity contribution is 6.06. The number of nitrogens with two attached hydrogens (primary N) is 1. The third-order valence-corrected chi connectivity index (χ3v) is 4.41. The van der Waals surface area contributed by atoms with Crippen molar-refractivity contribution in [3.8, 4) is 0 Å². The van der Waals surface area contributed by atoms with Crippen LogP contribution in [0.2, 0.25) is 0 Å². The van der Waals surface area contributed by atoms with E-state index in [1.54, 1.807) is 41.0 Å². The predicted octanol–water partition coefficient (Wildman–Crippen LogP) is 3.77. The van der Waals surface area contributed by atoms with E-state index in [9.17, 15) is 14.0 Å². The molecule has 4 aromatic rings. The topological polar surface area (TPSA) is 90.3 Å². The first kappa shape index (κ1) is 17.5. The fourth-order valence-electron chi connectivity index (χ4n) is 3.07. The van der Waals surface area contributed by atoms with E-state index in [0.717, 1.165) is 11.1 Å². The summed E-state index contributed by atoms with van der Waals surface area (Å²) in [6.07, 6.45) is 1.54. The van der Waals surface area contributed by atoms with Crippen molar-refractivity contribution in [2.75, 3.05) is 5.32 Å². The Bertz CT molecular complexity index is 1180. The van der Waals surface area contributed by atoms with Crippen molar-refractivity contribution < 1.29 is 18.4 Å². The molecular formula is C21H16FN3O3. The van der Waals surface area contributed by atoms with E-state index < -0.39 is 5.91 Å². The van der Waals surface area contributed by atoms with E-state index in [0.29, 0.717) is 29.1 Å². The molecule has 0 fully saturated rings. The Hall–Kier alpha value is -3.87. The summed E-state index contributed by atoms with van der Waals surface area (Å²) < 4.78 is 20.7. The normalized spacial score (nSPS) is 10.9. The Morgan fingerprint density at radius 3 is 2.57 bits per heavy atom. The minimum atomic E-state index is -0.540. The lowest BCUT2D eigenvalue weighted by molar-refractivity contribution is 0.0997. The molecule has 2 aromatic carbocycles. The first-order valence-electron chi connectivity index (χ1n) is 8.53. The summed E-state index contributed by atoms with van der Waals surface area (Å²) in [4.78, 5) is 24.0. The van der Waals surface area contributed by atoms with Crippen LogP contribution in [0.4, 0.5) is 10.1 Å². The van der Waals surface area contributed by atoms with Crippen LogP contribution in [-0.4, -0.2) is 16.4 Å². The van der Waals surface area contributed by atoms with E-state index in [4.69, 9.17) is 10.2 Å². The lowest BCUT2D eigenvalue weighted by Gasteiger charge is -2.11. The maximum atomic E-state index is 13.5. The van der Waals surface area contributed by atoms with Crippen LogP contribution in [0.25, 0.3) is 11.1 Å². The zero-order chi connectivity index (χ0) is 19.7. The number of carbonyl (C=O) groups is 2. The second-order valence-electron chi connectivity index (χ2n) is 6.31. The van der Waals surface area contributed by atoms with Gasteiger partial charge in [-0.2, -0.15) is 0 Å². The molecule has 2 aromatic heterocycles. The summed E-state index contributed by atoms with van der Waals surface area (Å²) in [7, 11) is 0. The number of amides is 2. The van der Waals surface area contributed by atoms with Gasteiger partial charge in [-0.25, -0.2) is 4.39 Å². The number of nitrogens with zero attached hydrogens (tertiary/aromatic N) is 1. The quantitative estimate of drug-likeness (QED) is 0.555. The molecule has 7 heteroatoms. The largest absolute Gasteiger partial charge is 0.463 e. The number of hydrogen-bond donors (Lipinski definition) is 2. The Labute approximate surface area is 159 Å². The zero-order valence-corrected chi connectivity index (χ0v) is 14.7. The van der Waals surface area contributed by atoms with Crippen molar-refractivity contribution in [2.45, 2.75) is 6.54 Å². The molecule has 0 aliphatic heterocycles. The van der Waals surface area contributed by atoms with Crippen LogP contribution in [0.3, 0.4) is 0 Å². The van der Waals surface area contributed by atoms with Crippen molar-refractivity contribution in [1.82, 2.24) is 4.57 Å². The van der Waals surface area contributed by atoms with E-state index in [-0.39, 0.29) is 11.7 Å². The molecule has 0 spiro atoms. The number of carbonyl (C=O) groups excluding carboxylic acids is 2. The predicted molar refractivity (Wildman–Crippen MR) is 103 cm³/mol. The van der Waals surface area contributed by atoms with Crippen LogP contribution < -0.4 is 11.1 Å². The number of fused-ring (bicyclic) bond motifs is 1. The maximum Gasteiger partial charge on any atom is 0.272 e. The van der Waals surface area contributed by atoms with Gasteiger partial charge in [0.1, 0.15) is 11.5 Å². The van der Waals surface area contributed by atoms with Crippen LogP contribution in [0.1, 0.15) is 26.4 Å². The molecule has 3 N–H and O–H groups in total. The molecular weight excluding hydrogens is 361 g/mol. The van der Waals surface area contributed by atoms with E-state index >= 15 is 0 Å². The Morgan fingerprint density at radius 1 is 1.07 bits per heavy atom. The minimum absolute atomic E-state index is 0.310. The number of nitrogens with one attached hydrogen (secondary N) is 1. The van der Waals surface area contributed by atoms with Gasteiger partial charge in [0.25, 0.3) is 5.91 Å². The fourth-order valence-corrected chi connectivity index (χ4v) is 3.07. The van der Waals surface area contributed by atoms with Crippen molar-refractivity contribution in [1.29, 1.82) is 0 Å². The number of aromatic nitrogens is 1. The van der Waals surface area contributed by atoms with E-state index in [2.05, 4.69) is 5.32 Å². The molecule has 2 heterocycles. The number of primary amides is 1. The van der Waals surface area contributed by atoms with Crippen LogP contribution in [0.5, 0.6) is 0 Å². The summed E-state index contributed by atoms with van der Waals surface area (Å²) >= 11 is 0. The molecule has 0 saturated carbocycles. The van der Waals surface area contributed by atoms with Gasteiger partial charge >= 0.3 is 0 Å². The SMILES string of the molecule is NC(=O)c1ccc(NC(=O)c2cc3occc3n2Cc2cccc(F)c2)cc1. The fraction of sp³-hybridized carbons (Fsp3) is 0.0476. The Balaban J connectivity index is 1.65. The van der Waals surface area contributed by atoms with Crippen LogP contribution >= 0.6 is 0 Å². The van der Waals surface area contributed by atoms with Gasteiger partial charge in [0.2, 0.25) is 5.91 Å². The summed E-state index contributed by atoms with van der Waals surface area (Å²) in [6.45, 7) is 0.310. The zero-order valence-electron chi connectivity index (χ0n) is 14.7. The van der Waals surface area contributed by atoms with E-state index in [1.165, 1.54) is 30.5 Å². The monoisotopic (exact) mass is 377 g/mol. The highest BCUT2D eigenvalue weighted by Crippen LogP contribution is 2.24. The number of benzene rings is 2. The van der Waals surface area contributed by atoms with Gasteiger partial charge in [-0.1, -0.05) is 12.1 Å². The highest BCUT2D eigenvalue weighted by Gasteiger charge is 2.18. The van der Waals surface area contributed by atoms with Crippen molar-refractivity contribution in [3.63, 3.8) is 0 Å². The highest BCUT2D eigenvalue weighted by atomic mass is 19.1. The molecule has 0 bridgehead atoms. The second-order valence-corrected chi connectivity index (χ2v) is 6.31. The molecule has 0 radical (unpaired) electrons. The molecule has 0 saturated heterocycles. The number of anilines is 1. The molecule has 2 amide bonds. The van der Waals surface area contributed by atoms with Crippen molar-refractivity contribution >= 4 is 28.6 Å². The average molecular weight is 377 g/mol. The summed E-state index contributed by atoms with van der Waals surface area (Å²) in [6, 6.07) is 15.9.